The van der Waals surface area contributed by atoms with Crippen LogP contribution in [0.5, 0.6) is 0 Å². The third-order valence-corrected chi connectivity index (χ3v) is 3.87. The van der Waals surface area contributed by atoms with Gasteiger partial charge in [-0.1, -0.05) is 23.7 Å². The summed E-state index contributed by atoms with van der Waals surface area (Å²) >= 11 is 6.84. The van der Waals surface area contributed by atoms with Crippen LogP contribution in [0.2, 0.25) is 5.02 Å². The monoisotopic (exact) mass is 328 g/mol. The van der Waals surface area contributed by atoms with E-state index in [9.17, 15) is 13.2 Å². The Morgan fingerprint density at radius 3 is 2.38 bits per heavy atom. The predicted molar refractivity (Wildman–Crippen MR) is 75.0 cm³/mol. The zero-order valence-corrected chi connectivity index (χ0v) is 12.1. The maximum atomic E-state index is 12.6. The Balaban J connectivity index is 2.22. The Labute approximate surface area is 128 Å². The minimum Gasteiger partial charge on any atom is -0.236 e. The maximum Gasteiger partial charge on any atom is 0.433 e. The van der Waals surface area contributed by atoms with Gasteiger partial charge in [0.15, 0.2) is 0 Å². The molecule has 1 aromatic heterocycles. The van der Waals surface area contributed by atoms with Crippen LogP contribution in [-0.4, -0.2) is 4.98 Å². The van der Waals surface area contributed by atoms with E-state index in [0.717, 1.165) is 29.5 Å². The van der Waals surface area contributed by atoms with Crippen LogP contribution in [0.1, 0.15) is 16.8 Å². The van der Waals surface area contributed by atoms with Gasteiger partial charge in [0, 0.05) is 10.8 Å². The Kier molecular flexibility index (Phi) is 4.76. The Bertz CT molecular complexity index is 678. The number of hydrogen-bond acceptors (Lipinski definition) is 3. The molecule has 21 heavy (non-hydrogen) atoms. The molecule has 0 amide bonds. The number of aromatic nitrogens is 1. The van der Waals surface area contributed by atoms with Gasteiger partial charge in [-0.3, -0.25) is 0 Å². The van der Waals surface area contributed by atoms with Gasteiger partial charge in [-0.2, -0.15) is 18.4 Å². The number of pyridine rings is 1. The second kappa shape index (κ2) is 6.37. The van der Waals surface area contributed by atoms with E-state index < -0.39 is 11.9 Å². The van der Waals surface area contributed by atoms with Gasteiger partial charge in [0.25, 0.3) is 0 Å². The van der Waals surface area contributed by atoms with E-state index in [1.165, 1.54) is 0 Å². The summed E-state index contributed by atoms with van der Waals surface area (Å²) in [5, 5.41) is 9.60. The van der Waals surface area contributed by atoms with Gasteiger partial charge in [-0.15, -0.1) is 11.8 Å². The summed E-state index contributed by atoms with van der Waals surface area (Å²) in [6.07, 6.45) is -4.52. The van der Waals surface area contributed by atoms with Gasteiger partial charge in [0.05, 0.1) is 5.56 Å². The smallest absolute Gasteiger partial charge is 0.236 e. The quantitative estimate of drug-likeness (QED) is 0.750. The molecule has 0 atom stereocenters. The van der Waals surface area contributed by atoms with Gasteiger partial charge in [-0.25, -0.2) is 4.98 Å². The second-order valence-electron chi connectivity index (χ2n) is 4.07. The first-order valence-electron chi connectivity index (χ1n) is 5.76. The van der Waals surface area contributed by atoms with Crippen LogP contribution in [-0.2, 0) is 11.9 Å². The van der Waals surface area contributed by atoms with Crippen molar-refractivity contribution in [3.05, 3.63) is 58.2 Å². The Morgan fingerprint density at radius 1 is 1.14 bits per heavy atom. The lowest BCUT2D eigenvalue weighted by Crippen LogP contribution is -2.08. The zero-order valence-electron chi connectivity index (χ0n) is 10.5. The van der Waals surface area contributed by atoms with Crippen LogP contribution in [0, 0.1) is 11.3 Å². The van der Waals surface area contributed by atoms with Gasteiger partial charge < -0.3 is 0 Å². The molecule has 0 aliphatic carbocycles. The van der Waals surface area contributed by atoms with Gasteiger partial charge in [-0.05, 0) is 29.8 Å². The molecule has 0 unspecified atom stereocenters. The Hall–Kier alpha value is -1.71. The molecule has 0 aliphatic rings. The van der Waals surface area contributed by atoms with Crippen molar-refractivity contribution in [1.82, 2.24) is 4.98 Å². The molecule has 2 aromatic rings. The number of nitriles is 1. The summed E-state index contributed by atoms with van der Waals surface area (Å²) in [6, 6.07) is 10.7. The number of nitrogens with zero attached hydrogens (tertiary/aromatic N) is 2. The van der Waals surface area contributed by atoms with Crippen molar-refractivity contribution in [3.8, 4) is 6.07 Å². The fourth-order valence-electron chi connectivity index (χ4n) is 1.53. The summed E-state index contributed by atoms with van der Waals surface area (Å²) in [5.74, 6) is 0.403. The van der Waals surface area contributed by atoms with E-state index in [4.69, 9.17) is 16.9 Å². The minimum absolute atomic E-state index is 0.0716. The van der Waals surface area contributed by atoms with E-state index in [0.29, 0.717) is 10.8 Å². The minimum atomic E-state index is -4.52. The van der Waals surface area contributed by atoms with Gasteiger partial charge >= 0.3 is 6.18 Å². The van der Waals surface area contributed by atoms with Crippen LogP contribution in [0.25, 0.3) is 0 Å². The van der Waals surface area contributed by atoms with Gasteiger partial charge in [0.1, 0.15) is 16.8 Å². The van der Waals surface area contributed by atoms with E-state index in [1.54, 1.807) is 24.3 Å². The number of halogens is 4. The summed E-state index contributed by atoms with van der Waals surface area (Å²) in [7, 11) is 0. The van der Waals surface area contributed by atoms with E-state index in [-0.39, 0.29) is 10.6 Å². The molecule has 2 rings (SSSR count). The van der Waals surface area contributed by atoms with Crippen LogP contribution in [0.15, 0.2) is 41.4 Å². The predicted octanol–water partition coefficient (Wildman–Crippen LogP) is 4.92. The van der Waals surface area contributed by atoms with E-state index in [1.807, 2.05) is 6.07 Å². The molecule has 0 saturated heterocycles. The largest absolute Gasteiger partial charge is 0.433 e. The van der Waals surface area contributed by atoms with Crippen LogP contribution in [0.4, 0.5) is 13.2 Å². The summed E-state index contributed by atoms with van der Waals surface area (Å²) < 4.78 is 37.9. The van der Waals surface area contributed by atoms with Crippen LogP contribution in [0.3, 0.4) is 0 Å². The van der Waals surface area contributed by atoms with Crippen LogP contribution < -0.4 is 0 Å². The van der Waals surface area contributed by atoms with Crippen molar-refractivity contribution >= 4 is 23.4 Å². The number of hydrogen-bond donors (Lipinski definition) is 0. The van der Waals surface area contributed by atoms with E-state index >= 15 is 0 Å². The number of rotatable bonds is 3. The average Bonchev–Trinajstić information content (AvgIpc) is 2.45. The third kappa shape index (κ3) is 4.13. The van der Waals surface area contributed by atoms with E-state index in [2.05, 4.69) is 4.98 Å². The first-order valence-corrected chi connectivity index (χ1v) is 7.12. The lowest BCUT2D eigenvalue weighted by Gasteiger charge is -2.09. The first-order chi connectivity index (χ1) is 9.90. The van der Waals surface area contributed by atoms with Crippen molar-refractivity contribution in [2.24, 2.45) is 0 Å². The number of alkyl halides is 3. The molecule has 0 fully saturated rings. The molecule has 1 aromatic carbocycles. The molecule has 108 valence electrons. The van der Waals surface area contributed by atoms with Crippen LogP contribution >= 0.6 is 23.4 Å². The van der Waals surface area contributed by atoms with Crippen molar-refractivity contribution in [1.29, 1.82) is 5.26 Å². The summed E-state index contributed by atoms with van der Waals surface area (Å²) in [5.41, 5.74) is 0.00886. The molecule has 2 nitrogen and oxygen atoms in total. The Morgan fingerprint density at radius 2 is 1.81 bits per heavy atom. The zero-order chi connectivity index (χ0) is 15.5. The number of benzene rings is 1. The third-order valence-electron chi connectivity index (χ3n) is 2.56. The van der Waals surface area contributed by atoms with Crippen molar-refractivity contribution in [2.45, 2.75) is 17.0 Å². The molecule has 0 aliphatic heterocycles. The highest BCUT2D eigenvalue weighted by Crippen LogP contribution is 2.31. The van der Waals surface area contributed by atoms with Crippen molar-refractivity contribution in [3.63, 3.8) is 0 Å². The molecule has 0 radical (unpaired) electrons. The maximum absolute atomic E-state index is 12.6. The number of thioether (sulfide) groups is 1. The highest BCUT2D eigenvalue weighted by molar-refractivity contribution is 7.98. The molecule has 0 spiro atoms. The van der Waals surface area contributed by atoms with Gasteiger partial charge in [0.2, 0.25) is 0 Å². The highest BCUT2D eigenvalue weighted by Gasteiger charge is 2.33. The highest BCUT2D eigenvalue weighted by atomic mass is 35.5. The molecule has 7 heteroatoms. The fourth-order valence-corrected chi connectivity index (χ4v) is 2.58. The SMILES string of the molecule is N#Cc1ccc(C(F)(F)F)nc1SCc1ccc(Cl)cc1. The lowest BCUT2D eigenvalue weighted by molar-refractivity contribution is -0.141. The fraction of sp³-hybridized carbons (Fsp3) is 0.143. The van der Waals surface area contributed by atoms with Crippen molar-refractivity contribution in [2.75, 3.05) is 0 Å². The molecule has 0 N–H and O–H groups in total. The van der Waals surface area contributed by atoms with Crippen molar-refractivity contribution < 1.29 is 13.2 Å². The molecule has 0 bridgehead atoms. The summed E-state index contributed by atoms with van der Waals surface area (Å²) in [4.78, 5) is 3.54. The normalized spacial score (nSPS) is 11.2. The molecular weight excluding hydrogens is 321 g/mol. The first kappa shape index (κ1) is 15.7. The second-order valence-corrected chi connectivity index (χ2v) is 5.47. The summed E-state index contributed by atoms with van der Waals surface area (Å²) in [6.45, 7) is 0. The standard InChI is InChI=1S/C14H8ClF3N2S/c15-11-4-1-9(2-5-11)8-21-13-10(7-19)3-6-12(20-13)14(16,17)18/h1-6H,8H2. The lowest BCUT2D eigenvalue weighted by atomic mass is 10.2. The topological polar surface area (TPSA) is 36.7 Å². The molecule has 0 saturated carbocycles. The molecular formula is C14H8ClF3N2S. The molecule has 1 heterocycles. The average molecular weight is 329 g/mol.